The van der Waals surface area contributed by atoms with Gasteiger partial charge in [-0.1, -0.05) is 23.8 Å². The van der Waals surface area contributed by atoms with Crippen LogP contribution < -0.4 is 10.3 Å². The van der Waals surface area contributed by atoms with Crippen molar-refractivity contribution in [1.82, 2.24) is 9.55 Å². The Balaban J connectivity index is 1.47. The maximum atomic E-state index is 12.9. The van der Waals surface area contributed by atoms with Gasteiger partial charge in [-0.15, -0.1) is 0 Å². The molecule has 1 aliphatic carbocycles. The number of nitrogens with zero attached hydrogens (tertiary/aromatic N) is 2. The van der Waals surface area contributed by atoms with Crippen molar-refractivity contribution in [2.45, 2.75) is 45.3 Å². The number of hydrogen-bond acceptors (Lipinski definition) is 5. The van der Waals surface area contributed by atoms with Gasteiger partial charge in [0.15, 0.2) is 0 Å². The van der Waals surface area contributed by atoms with E-state index in [1.165, 1.54) is 0 Å². The van der Waals surface area contributed by atoms with Crippen molar-refractivity contribution in [3.8, 4) is 5.75 Å². The monoisotopic (exact) mass is 392 g/mol. The molecule has 3 aromatic rings. The third kappa shape index (κ3) is 4.16. The second-order valence-corrected chi connectivity index (χ2v) is 7.43. The molecule has 0 saturated heterocycles. The van der Waals surface area contributed by atoms with Gasteiger partial charge in [-0.25, -0.2) is 4.98 Å². The van der Waals surface area contributed by atoms with Gasteiger partial charge in [0.1, 0.15) is 18.2 Å². The molecular weight excluding hydrogens is 368 g/mol. The van der Waals surface area contributed by atoms with Gasteiger partial charge in [-0.2, -0.15) is 0 Å². The number of para-hydroxylation sites is 1. The number of benzene rings is 2. The van der Waals surface area contributed by atoms with Crippen LogP contribution in [0.2, 0.25) is 0 Å². The van der Waals surface area contributed by atoms with E-state index in [1.54, 1.807) is 17.7 Å². The minimum atomic E-state index is -0.321. The number of rotatable bonds is 7. The largest absolute Gasteiger partial charge is 0.496 e. The Kier molecular flexibility index (Phi) is 5.34. The average molecular weight is 392 g/mol. The maximum Gasteiger partial charge on any atom is 0.306 e. The molecule has 0 amide bonds. The smallest absolute Gasteiger partial charge is 0.306 e. The summed E-state index contributed by atoms with van der Waals surface area (Å²) in [5.74, 6) is 1.03. The van der Waals surface area contributed by atoms with E-state index in [2.05, 4.69) is 4.98 Å². The first-order chi connectivity index (χ1) is 14.1. The lowest BCUT2D eigenvalue weighted by molar-refractivity contribution is -0.145. The summed E-state index contributed by atoms with van der Waals surface area (Å²) in [5, 5.41) is 0.622. The van der Waals surface area contributed by atoms with Gasteiger partial charge in [-0.3, -0.25) is 14.2 Å². The number of methoxy groups -OCH3 is 1. The van der Waals surface area contributed by atoms with E-state index in [9.17, 15) is 9.59 Å². The molecule has 6 heteroatoms. The summed E-state index contributed by atoms with van der Waals surface area (Å²) in [4.78, 5) is 29.9. The number of ether oxygens (including phenoxy) is 2. The Bertz CT molecular complexity index is 1120. The number of carbonyl (C=O) groups excluding carboxylic acids is 1. The standard InChI is InChI=1S/C23H24N2O4/c1-15-7-10-20(28-2)16(13-15)14-29-22(26)12-11-21-24-19-6-4-3-5-18(19)23(27)25(21)17-8-9-17/h3-7,10,13,17H,8-9,11-12,14H2,1-2H3. The molecule has 4 rings (SSSR count). The number of aryl methyl sites for hydroxylation is 2. The lowest BCUT2D eigenvalue weighted by Crippen LogP contribution is -2.25. The molecule has 0 N–H and O–H groups in total. The fourth-order valence-electron chi connectivity index (χ4n) is 3.54. The topological polar surface area (TPSA) is 70.4 Å². The van der Waals surface area contributed by atoms with Crippen LogP contribution in [0.5, 0.6) is 5.75 Å². The van der Waals surface area contributed by atoms with Gasteiger partial charge >= 0.3 is 5.97 Å². The molecule has 0 bridgehead atoms. The quantitative estimate of drug-likeness (QED) is 0.573. The van der Waals surface area contributed by atoms with E-state index >= 15 is 0 Å². The molecule has 0 spiro atoms. The highest BCUT2D eigenvalue weighted by atomic mass is 16.5. The van der Waals surface area contributed by atoms with Crippen LogP contribution in [0.3, 0.4) is 0 Å². The van der Waals surface area contributed by atoms with Crippen molar-refractivity contribution >= 4 is 16.9 Å². The van der Waals surface area contributed by atoms with Crippen LogP contribution >= 0.6 is 0 Å². The summed E-state index contributed by atoms with van der Waals surface area (Å²) < 4.78 is 12.5. The van der Waals surface area contributed by atoms with E-state index in [0.717, 1.165) is 24.0 Å². The number of fused-ring (bicyclic) bond motifs is 1. The van der Waals surface area contributed by atoms with Crippen LogP contribution in [-0.2, 0) is 22.6 Å². The molecule has 0 aliphatic heterocycles. The molecular formula is C23H24N2O4. The second kappa shape index (κ2) is 8.07. The Morgan fingerprint density at radius 3 is 2.76 bits per heavy atom. The van der Waals surface area contributed by atoms with Crippen molar-refractivity contribution in [3.63, 3.8) is 0 Å². The highest BCUT2D eigenvalue weighted by Crippen LogP contribution is 2.35. The third-order valence-corrected chi connectivity index (χ3v) is 5.17. The molecule has 1 aliphatic rings. The van der Waals surface area contributed by atoms with Crippen LogP contribution in [0.25, 0.3) is 10.9 Å². The molecule has 150 valence electrons. The summed E-state index contributed by atoms with van der Waals surface area (Å²) in [7, 11) is 1.60. The normalized spacial score (nSPS) is 13.4. The number of hydrogen-bond donors (Lipinski definition) is 0. The Hall–Kier alpha value is -3.15. The van der Waals surface area contributed by atoms with Crippen molar-refractivity contribution in [2.24, 2.45) is 0 Å². The van der Waals surface area contributed by atoms with E-state index in [-0.39, 0.29) is 30.6 Å². The molecule has 0 atom stereocenters. The predicted molar refractivity (Wildman–Crippen MR) is 110 cm³/mol. The van der Waals surface area contributed by atoms with E-state index in [0.29, 0.717) is 28.9 Å². The first-order valence-corrected chi connectivity index (χ1v) is 9.86. The third-order valence-electron chi connectivity index (χ3n) is 5.17. The van der Waals surface area contributed by atoms with Gasteiger partial charge in [0.2, 0.25) is 0 Å². The van der Waals surface area contributed by atoms with Gasteiger partial charge in [0.05, 0.1) is 24.4 Å². The SMILES string of the molecule is COc1ccc(C)cc1COC(=O)CCc1nc2ccccc2c(=O)n1C1CC1. The molecule has 0 radical (unpaired) electrons. The summed E-state index contributed by atoms with van der Waals surface area (Å²) in [6, 6.07) is 13.3. The highest BCUT2D eigenvalue weighted by molar-refractivity contribution is 5.77. The average Bonchev–Trinajstić information content (AvgIpc) is 3.56. The summed E-state index contributed by atoms with van der Waals surface area (Å²) in [6.45, 7) is 2.14. The minimum Gasteiger partial charge on any atom is -0.496 e. The lowest BCUT2D eigenvalue weighted by atomic mass is 10.1. The van der Waals surface area contributed by atoms with E-state index < -0.39 is 0 Å². The Morgan fingerprint density at radius 2 is 2.00 bits per heavy atom. The first-order valence-electron chi connectivity index (χ1n) is 9.86. The molecule has 2 aromatic carbocycles. The molecule has 1 aromatic heterocycles. The van der Waals surface area contributed by atoms with Crippen LogP contribution in [-0.4, -0.2) is 22.6 Å². The molecule has 29 heavy (non-hydrogen) atoms. The van der Waals surface area contributed by atoms with Crippen LogP contribution in [0.1, 0.15) is 42.3 Å². The molecule has 1 saturated carbocycles. The predicted octanol–water partition coefficient (Wildman–Crippen LogP) is 3.72. The summed E-state index contributed by atoms with van der Waals surface area (Å²) >= 11 is 0. The van der Waals surface area contributed by atoms with Gasteiger partial charge in [0, 0.05) is 18.0 Å². The van der Waals surface area contributed by atoms with E-state index in [4.69, 9.17) is 9.47 Å². The van der Waals surface area contributed by atoms with E-state index in [1.807, 2.05) is 43.3 Å². The van der Waals surface area contributed by atoms with Crippen molar-refractivity contribution in [2.75, 3.05) is 7.11 Å². The summed E-state index contributed by atoms with van der Waals surface area (Å²) in [5.41, 5.74) is 2.55. The zero-order chi connectivity index (χ0) is 20.4. The number of aromatic nitrogens is 2. The highest BCUT2D eigenvalue weighted by Gasteiger charge is 2.28. The van der Waals surface area contributed by atoms with Gasteiger partial charge in [0.25, 0.3) is 5.56 Å². The first kappa shape index (κ1) is 19.2. The van der Waals surface area contributed by atoms with Crippen LogP contribution in [0.4, 0.5) is 0 Å². The fraction of sp³-hybridized carbons (Fsp3) is 0.348. The number of carbonyl (C=O) groups is 1. The Morgan fingerprint density at radius 1 is 1.21 bits per heavy atom. The molecule has 6 nitrogen and oxygen atoms in total. The second-order valence-electron chi connectivity index (χ2n) is 7.43. The fourth-order valence-corrected chi connectivity index (χ4v) is 3.54. The minimum absolute atomic E-state index is 0.0223. The van der Waals surface area contributed by atoms with Gasteiger partial charge < -0.3 is 9.47 Å². The van der Waals surface area contributed by atoms with Gasteiger partial charge in [-0.05, 0) is 44.0 Å². The zero-order valence-corrected chi connectivity index (χ0v) is 16.7. The number of esters is 1. The molecule has 1 heterocycles. The Labute approximate surface area is 169 Å². The summed E-state index contributed by atoms with van der Waals surface area (Å²) in [6.07, 6.45) is 2.50. The maximum absolute atomic E-state index is 12.9. The zero-order valence-electron chi connectivity index (χ0n) is 16.7. The van der Waals surface area contributed by atoms with Crippen molar-refractivity contribution in [3.05, 3.63) is 69.8 Å². The molecule has 1 fully saturated rings. The van der Waals surface area contributed by atoms with Crippen LogP contribution in [0.15, 0.2) is 47.3 Å². The lowest BCUT2D eigenvalue weighted by Gasteiger charge is -2.13. The molecule has 0 unspecified atom stereocenters. The van der Waals surface area contributed by atoms with Crippen molar-refractivity contribution in [1.29, 1.82) is 0 Å². The van der Waals surface area contributed by atoms with Crippen LogP contribution in [0, 0.1) is 6.92 Å². The van der Waals surface area contributed by atoms with Crippen molar-refractivity contribution < 1.29 is 14.3 Å².